The number of amides is 2. The molecule has 2 amide bonds. The molecule has 3 aromatic rings. The highest BCUT2D eigenvalue weighted by atomic mass is 16.5. The van der Waals surface area contributed by atoms with Crippen LogP contribution in [0.5, 0.6) is 5.75 Å². The molecule has 2 N–H and O–H groups in total. The zero-order valence-electron chi connectivity index (χ0n) is 16.3. The monoisotopic (exact) mass is 394 g/mol. The van der Waals surface area contributed by atoms with Crippen molar-refractivity contribution in [3.05, 3.63) is 54.4 Å². The molecular weight excluding hydrogens is 372 g/mol. The number of hydrogen-bond acceptors (Lipinski definition) is 6. The van der Waals surface area contributed by atoms with Crippen LogP contribution in [0.1, 0.15) is 26.2 Å². The minimum absolute atomic E-state index is 0.148. The number of carbonyl (C=O) groups is 2. The number of carbonyl (C=O) groups excluding carboxylic acids is 2. The zero-order valence-corrected chi connectivity index (χ0v) is 16.3. The van der Waals surface area contributed by atoms with E-state index in [0.29, 0.717) is 28.9 Å². The van der Waals surface area contributed by atoms with E-state index >= 15 is 0 Å². The number of hydrogen-bond donors (Lipinski definition) is 2. The van der Waals surface area contributed by atoms with E-state index in [1.807, 2.05) is 6.92 Å². The lowest BCUT2D eigenvalue weighted by Gasteiger charge is -2.09. The molecule has 0 atom stereocenters. The summed E-state index contributed by atoms with van der Waals surface area (Å²) in [4.78, 5) is 23.2. The molecule has 8 nitrogen and oxygen atoms in total. The van der Waals surface area contributed by atoms with Crippen LogP contribution in [0.15, 0.2) is 52.9 Å². The van der Waals surface area contributed by atoms with E-state index in [4.69, 9.17) is 9.15 Å². The van der Waals surface area contributed by atoms with Crippen LogP contribution in [0, 0.1) is 0 Å². The average Bonchev–Trinajstić information content (AvgIpc) is 3.15. The molecule has 3 rings (SSSR count). The van der Waals surface area contributed by atoms with Gasteiger partial charge in [0.2, 0.25) is 17.7 Å². The molecule has 1 heterocycles. The van der Waals surface area contributed by atoms with Gasteiger partial charge in [-0.25, -0.2) is 0 Å². The third-order valence-electron chi connectivity index (χ3n) is 3.87. The van der Waals surface area contributed by atoms with E-state index < -0.39 is 0 Å². The molecule has 0 aliphatic rings. The molecule has 0 aliphatic heterocycles. The van der Waals surface area contributed by atoms with Crippen LogP contribution in [0.25, 0.3) is 11.5 Å². The number of nitrogens with zero attached hydrogens (tertiary/aromatic N) is 2. The summed E-state index contributed by atoms with van der Waals surface area (Å²) in [5, 5.41) is 13.4. The van der Waals surface area contributed by atoms with Crippen molar-refractivity contribution in [3.63, 3.8) is 0 Å². The van der Waals surface area contributed by atoms with Crippen LogP contribution in [0.2, 0.25) is 0 Å². The molecule has 0 spiro atoms. The van der Waals surface area contributed by atoms with Gasteiger partial charge in [-0.15, -0.1) is 10.2 Å². The molecule has 2 aromatic carbocycles. The molecule has 0 unspecified atom stereocenters. The number of aryl methyl sites for hydroxylation is 1. The van der Waals surface area contributed by atoms with Crippen LogP contribution >= 0.6 is 0 Å². The Kier molecular flexibility index (Phi) is 6.57. The molecule has 0 saturated heterocycles. The maximum absolute atomic E-state index is 12.1. The van der Waals surface area contributed by atoms with Gasteiger partial charge >= 0.3 is 0 Å². The Hall–Kier alpha value is -3.68. The second kappa shape index (κ2) is 9.50. The van der Waals surface area contributed by atoms with Crippen molar-refractivity contribution in [3.8, 4) is 17.2 Å². The van der Waals surface area contributed by atoms with Crippen molar-refractivity contribution in [1.82, 2.24) is 10.2 Å². The fourth-order valence-corrected chi connectivity index (χ4v) is 2.60. The van der Waals surface area contributed by atoms with Crippen molar-refractivity contribution in [2.24, 2.45) is 0 Å². The third-order valence-corrected chi connectivity index (χ3v) is 3.87. The Balaban J connectivity index is 1.53. The second-order valence-electron chi connectivity index (χ2n) is 6.37. The van der Waals surface area contributed by atoms with Crippen molar-refractivity contribution in [2.75, 3.05) is 17.2 Å². The van der Waals surface area contributed by atoms with Crippen LogP contribution in [0.3, 0.4) is 0 Å². The summed E-state index contributed by atoms with van der Waals surface area (Å²) in [6.07, 6.45) is 1.69. The molecule has 0 radical (unpaired) electrons. The normalized spacial score (nSPS) is 10.4. The summed E-state index contributed by atoms with van der Waals surface area (Å²) in [5.41, 5.74) is 1.96. The minimum atomic E-state index is -0.310. The molecule has 0 saturated carbocycles. The molecule has 1 aromatic heterocycles. The molecular formula is C21H22N4O4. The van der Waals surface area contributed by atoms with Gasteiger partial charge in [0.1, 0.15) is 5.75 Å². The summed E-state index contributed by atoms with van der Waals surface area (Å²) in [5.74, 6) is 1.13. The molecule has 0 fully saturated rings. The van der Waals surface area contributed by atoms with Crippen molar-refractivity contribution >= 4 is 23.2 Å². The standard InChI is InChI=1S/C21H22N4O4/c1-3-5-20-24-25-21(29-20)15-8-10-18(11-9-15)28-13-19(27)23-17-7-4-6-16(12-17)22-14(2)26/h4,6-12H,3,5,13H2,1-2H3,(H,22,26)(H,23,27). The Labute approximate surface area is 168 Å². The predicted octanol–water partition coefficient (Wildman–Crippen LogP) is 3.67. The Morgan fingerprint density at radius 2 is 1.76 bits per heavy atom. The van der Waals surface area contributed by atoms with Gasteiger partial charge in [0.05, 0.1) is 0 Å². The van der Waals surface area contributed by atoms with E-state index in [1.54, 1.807) is 48.5 Å². The first kappa shape index (κ1) is 20.1. The van der Waals surface area contributed by atoms with E-state index in [2.05, 4.69) is 20.8 Å². The predicted molar refractivity (Wildman–Crippen MR) is 109 cm³/mol. The number of benzene rings is 2. The molecule has 8 heteroatoms. The Morgan fingerprint density at radius 1 is 1.03 bits per heavy atom. The van der Waals surface area contributed by atoms with Gasteiger partial charge in [0.25, 0.3) is 5.91 Å². The second-order valence-corrected chi connectivity index (χ2v) is 6.37. The zero-order chi connectivity index (χ0) is 20.6. The minimum Gasteiger partial charge on any atom is -0.484 e. The maximum atomic E-state index is 12.1. The highest BCUT2D eigenvalue weighted by molar-refractivity contribution is 5.94. The van der Waals surface area contributed by atoms with Crippen LogP contribution in [0.4, 0.5) is 11.4 Å². The van der Waals surface area contributed by atoms with Gasteiger partial charge in [-0.2, -0.15) is 0 Å². The van der Waals surface area contributed by atoms with Gasteiger partial charge in [0.15, 0.2) is 6.61 Å². The van der Waals surface area contributed by atoms with Gasteiger partial charge in [-0.1, -0.05) is 13.0 Å². The molecule has 0 aliphatic carbocycles. The van der Waals surface area contributed by atoms with Crippen LogP contribution < -0.4 is 15.4 Å². The number of aromatic nitrogens is 2. The molecule has 0 bridgehead atoms. The Bertz CT molecular complexity index is 982. The largest absolute Gasteiger partial charge is 0.484 e. The van der Waals surface area contributed by atoms with Gasteiger partial charge in [0, 0.05) is 30.3 Å². The van der Waals surface area contributed by atoms with Crippen molar-refractivity contribution in [1.29, 1.82) is 0 Å². The first-order valence-corrected chi connectivity index (χ1v) is 9.26. The quantitative estimate of drug-likeness (QED) is 0.604. The van der Waals surface area contributed by atoms with Crippen molar-refractivity contribution < 1.29 is 18.7 Å². The lowest BCUT2D eigenvalue weighted by atomic mass is 10.2. The summed E-state index contributed by atoms with van der Waals surface area (Å²) in [6, 6.07) is 14.0. The summed E-state index contributed by atoms with van der Waals surface area (Å²) in [7, 11) is 0. The Morgan fingerprint density at radius 3 is 2.45 bits per heavy atom. The first-order valence-electron chi connectivity index (χ1n) is 9.26. The summed E-state index contributed by atoms with van der Waals surface area (Å²) in [6.45, 7) is 3.32. The van der Waals surface area contributed by atoms with Crippen molar-refractivity contribution in [2.45, 2.75) is 26.7 Å². The lowest BCUT2D eigenvalue weighted by Crippen LogP contribution is -2.20. The van der Waals surface area contributed by atoms with E-state index in [9.17, 15) is 9.59 Å². The van der Waals surface area contributed by atoms with E-state index in [-0.39, 0.29) is 18.4 Å². The van der Waals surface area contributed by atoms with Gasteiger partial charge < -0.3 is 19.8 Å². The average molecular weight is 394 g/mol. The first-order chi connectivity index (χ1) is 14.0. The number of nitrogens with one attached hydrogen (secondary N) is 2. The highest BCUT2D eigenvalue weighted by Crippen LogP contribution is 2.22. The highest BCUT2D eigenvalue weighted by Gasteiger charge is 2.09. The van der Waals surface area contributed by atoms with Crippen LogP contribution in [-0.4, -0.2) is 28.6 Å². The maximum Gasteiger partial charge on any atom is 0.262 e. The number of anilines is 2. The number of ether oxygens (including phenoxy) is 1. The lowest BCUT2D eigenvalue weighted by molar-refractivity contribution is -0.118. The summed E-state index contributed by atoms with van der Waals surface area (Å²) < 4.78 is 11.1. The van der Waals surface area contributed by atoms with Gasteiger partial charge in [-0.05, 0) is 48.9 Å². The van der Waals surface area contributed by atoms with E-state index in [1.165, 1.54) is 6.92 Å². The fraction of sp³-hybridized carbons (Fsp3) is 0.238. The van der Waals surface area contributed by atoms with E-state index in [0.717, 1.165) is 18.4 Å². The third kappa shape index (κ3) is 5.90. The summed E-state index contributed by atoms with van der Waals surface area (Å²) >= 11 is 0. The molecule has 29 heavy (non-hydrogen) atoms. The molecule has 150 valence electrons. The van der Waals surface area contributed by atoms with Crippen LogP contribution in [-0.2, 0) is 16.0 Å². The number of rotatable bonds is 8. The smallest absolute Gasteiger partial charge is 0.262 e. The van der Waals surface area contributed by atoms with Gasteiger partial charge in [-0.3, -0.25) is 9.59 Å². The SMILES string of the molecule is CCCc1nnc(-c2ccc(OCC(=O)Nc3cccc(NC(C)=O)c3)cc2)o1. The fourth-order valence-electron chi connectivity index (χ4n) is 2.60. The topological polar surface area (TPSA) is 106 Å².